The molecule has 4 aromatic carbocycles. The molecule has 1 N–H and O–H groups in total. The molecule has 0 saturated heterocycles. The first kappa shape index (κ1) is 29.3. The largest absolute Gasteiger partial charge is 0.494 e. The Morgan fingerprint density at radius 2 is 1.05 bits per heavy atom. The topological polar surface area (TPSA) is 82.1 Å². The van der Waals surface area contributed by atoms with Crippen LogP contribution < -0.4 is 14.2 Å². The summed E-state index contributed by atoms with van der Waals surface area (Å²) in [5.41, 5.74) is 4.84. The number of esters is 2. The molecule has 0 atom stereocenters. The molecule has 0 aliphatic rings. The van der Waals surface area contributed by atoms with Gasteiger partial charge in [0.15, 0.2) is 0 Å². The van der Waals surface area contributed by atoms with Gasteiger partial charge in [-0.2, -0.15) is 0 Å². The summed E-state index contributed by atoms with van der Waals surface area (Å²) in [7, 11) is 0. The van der Waals surface area contributed by atoms with Crippen LogP contribution >= 0.6 is 0 Å². The molecule has 0 saturated carbocycles. The molecule has 0 heterocycles. The molecule has 4 rings (SSSR count). The average molecular weight is 551 g/mol. The van der Waals surface area contributed by atoms with Gasteiger partial charge in [-0.05, 0) is 97.0 Å². The lowest BCUT2D eigenvalue weighted by molar-refractivity contribution is -0.130. The number of aliphatic hydroxyl groups is 1. The van der Waals surface area contributed by atoms with Gasteiger partial charge in [0, 0.05) is 12.2 Å². The normalized spacial score (nSPS) is 10.6. The number of ether oxygens (including phenoxy) is 3. The Balaban J connectivity index is 1.29. The minimum absolute atomic E-state index is 0.232. The second-order valence-electron chi connectivity index (χ2n) is 9.70. The third kappa shape index (κ3) is 8.65. The first-order chi connectivity index (χ1) is 19.9. The second-order valence-corrected chi connectivity index (χ2v) is 9.70. The molecule has 0 bridgehead atoms. The molecular weight excluding hydrogens is 516 g/mol. The van der Waals surface area contributed by atoms with Crippen LogP contribution in [0.1, 0.15) is 43.0 Å². The highest BCUT2D eigenvalue weighted by Gasteiger charge is 2.10. The van der Waals surface area contributed by atoms with Crippen molar-refractivity contribution >= 4 is 11.9 Å². The van der Waals surface area contributed by atoms with E-state index in [9.17, 15) is 9.59 Å². The summed E-state index contributed by atoms with van der Waals surface area (Å²) in [6.45, 7) is 6.05. The third-order valence-corrected chi connectivity index (χ3v) is 6.44. The molecule has 0 amide bonds. The first-order valence-electron chi connectivity index (χ1n) is 13.7. The van der Waals surface area contributed by atoms with Crippen molar-refractivity contribution in [2.45, 2.75) is 32.6 Å². The first-order valence-corrected chi connectivity index (χ1v) is 13.7. The molecule has 0 spiro atoms. The van der Waals surface area contributed by atoms with Crippen molar-refractivity contribution in [2.24, 2.45) is 0 Å². The van der Waals surface area contributed by atoms with E-state index in [0.717, 1.165) is 53.7 Å². The number of hydrogen-bond acceptors (Lipinski definition) is 6. The van der Waals surface area contributed by atoms with E-state index in [2.05, 4.69) is 6.58 Å². The minimum Gasteiger partial charge on any atom is -0.494 e. The van der Waals surface area contributed by atoms with Crippen molar-refractivity contribution < 1.29 is 28.9 Å². The molecule has 41 heavy (non-hydrogen) atoms. The predicted molar refractivity (Wildman–Crippen MR) is 160 cm³/mol. The number of hydrogen-bond donors (Lipinski definition) is 1. The SMILES string of the molecule is C=C(C)C(=O)Oc1ccc(-c2ccc(-c3ccc(C(=O)Oc4ccc(OCCCCCCO)cc4)cc3)cc2)cc1. The lowest BCUT2D eigenvalue weighted by Crippen LogP contribution is -2.08. The summed E-state index contributed by atoms with van der Waals surface area (Å²) in [6.07, 6.45) is 3.77. The van der Waals surface area contributed by atoms with Crippen molar-refractivity contribution in [3.05, 3.63) is 115 Å². The van der Waals surface area contributed by atoms with Gasteiger partial charge >= 0.3 is 11.9 Å². The molecule has 6 nitrogen and oxygen atoms in total. The molecule has 0 aliphatic heterocycles. The van der Waals surface area contributed by atoms with Gasteiger partial charge in [0.2, 0.25) is 0 Å². The Bertz CT molecular complexity index is 1440. The zero-order valence-corrected chi connectivity index (χ0v) is 23.2. The highest BCUT2D eigenvalue weighted by atomic mass is 16.5. The maximum Gasteiger partial charge on any atom is 0.343 e. The summed E-state index contributed by atoms with van der Waals surface area (Å²) in [4.78, 5) is 24.4. The van der Waals surface area contributed by atoms with E-state index in [0.29, 0.717) is 29.2 Å². The highest BCUT2D eigenvalue weighted by Crippen LogP contribution is 2.27. The van der Waals surface area contributed by atoms with Crippen LogP contribution in [0.3, 0.4) is 0 Å². The quantitative estimate of drug-likeness (QED) is 0.0797. The number of rotatable bonds is 13. The van der Waals surface area contributed by atoms with Gasteiger partial charge in [-0.1, -0.05) is 61.5 Å². The minimum atomic E-state index is -0.446. The average Bonchev–Trinajstić information content (AvgIpc) is 3.00. The van der Waals surface area contributed by atoms with E-state index < -0.39 is 11.9 Å². The van der Waals surface area contributed by atoms with Crippen LogP contribution in [-0.4, -0.2) is 30.3 Å². The second kappa shape index (κ2) is 14.6. The number of carbonyl (C=O) groups excluding carboxylic acids is 2. The summed E-state index contributed by atoms with van der Waals surface area (Å²) in [5.74, 6) is 0.774. The fourth-order valence-corrected chi connectivity index (χ4v) is 4.09. The standard InChI is InChI=1S/C35H34O6/c1-25(2)34(37)40-32-17-15-29(16-18-32)27-9-7-26(8-10-27)28-11-13-30(14-12-28)35(38)41-33-21-19-31(20-22-33)39-24-6-4-3-5-23-36/h7-22,36H,1,3-6,23-24H2,2H3. The fraction of sp³-hybridized carbons (Fsp3) is 0.200. The van der Waals surface area contributed by atoms with Gasteiger partial charge < -0.3 is 19.3 Å². The fourth-order valence-electron chi connectivity index (χ4n) is 4.09. The Kier molecular flexibility index (Phi) is 10.5. The Morgan fingerprint density at radius 1 is 0.610 bits per heavy atom. The number of aliphatic hydroxyl groups excluding tert-OH is 1. The van der Waals surface area contributed by atoms with Gasteiger partial charge in [0.1, 0.15) is 17.2 Å². The monoisotopic (exact) mass is 550 g/mol. The van der Waals surface area contributed by atoms with Gasteiger partial charge in [-0.3, -0.25) is 0 Å². The molecule has 0 fully saturated rings. The summed E-state index contributed by atoms with van der Waals surface area (Å²) >= 11 is 0. The van der Waals surface area contributed by atoms with Crippen molar-refractivity contribution in [3.8, 4) is 39.5 Å². The van der Waals surface area contributed by atoms with Crippen molar-refractivity contribution in [1.82, 2.24) is 0 Å². The van der Waals surface area contributed by atoms with E-state index in [-0.39, 0.29) is 6.61 Å². The molecule has 0 aromatic heterocycles. The number of carbonyl (C=O) groups is 2. The molecule has 0 aliphatic carbocycles. The van der Waals surface area contributed by atoms with Crippen LogP contribution in [0.2, 0.25) is 0 Å². The maximum atomic E-state index is 12.7. The van der Waals surface area contributed by atoms with Crippen LogP contribution in [0.4, 0.5) is 0 Å². The Labute approximate surface area is 240 Å². The van der Waals surface area contributed by atoms with Gasteiger partial charge in [0.25, 0.3) is 0 Å². The summed E-state index contributed by atoms with van der Waals surface area (Å²) in [5, 5.41) is 8.82. The number of unbranched alkanes of at least 4 members (excludes halogenated alkanes) is 3. The molecule has 0 radical (unpaired) electrons. The Hall–Kier alpha value is -4.68. The van der Waals surface area contributed by atoms with Crippen LogP contribution in [0.25, 0.3) is 22.3 Å². The molecule has 6 heteroatoms. The smallest absolute Gasteiger partial charge is 0.343 e. The van der Waals surface area contributed by atoms with E-state index in [1.54, 1.807) is 55.5 Å². The zero-order valence-electron chi connectivity index (χ0n) is 23.2. The molecule has 0 unspecified atom stereocenters. The highest BCUT2D eigenvalue weighted by molar-refractivity contribution is 5.91. The van der Waals surface area contributed by atoms with E-state index >= 15 is 0 Å². The third-order valence-electron chi connectivity index (χ3n) is 6.44. The van der Waals surface area contributed by atoms with Crippen LogP contribution in [-0.2, 0) is 4.79 Å². The van der Waals surface area contributed by atoms with Gasteiger partial charge in [0.05, 0.1) is 12.2 Å². The van der Waals surface area contributed by atoms with E-state index in [4.69, 9.17) is 19.3 Å². The zero-order chi connectivity index (χ0) is 29.0. The number of benzene rings is 4. The molecule has 4 aromatic rings. The van der Waals surface area contributed by atoms with E-state index in [1.807, 2.05) is 48.5 Å². The van der Waals surface area contributed by atoms with Crippen LogP contribution in [0.5, 0.6) is 17.2 Å². The van der Waals surface area contributed by atoms with Crippen molar-refractivity contribution in [1.29, 1.82) is 0 Å². The predicted octanol–water partition coefficient (Wildman–Crippen LogP) is 7.65. The summed E-state index contributed by atoms with van der Waals surface area (Å²) in [6, 6.07) is 29.7. The van der Waals surface area contributed by atoms with Crippen LogP contribution in [0.15, 0.2) is 109 Å². The van der Waals surface area contributed by atoms with Crippen LogP contribution in [0, 0.1) is 0 Å². The maximum absolute atomic E-state index is 12.7. The Morgan fingerprint density at radius 3 is 1.59 bits per heavy atom. The van der Waals surface area contributed by atoms with E-state index in [1.165, 1.54) is 0 Å². The van der Waals surface area contributed by atoms with Gasteiger partial charge in [-0.15, -0.1) is 0 Å². The van der Waals surface area contributed by atoms with Crippen molar-refractivity contribution in [2.75, 3.05) is 13.2 Å². The lowest BCUT2D eigenvalue weighted by atomic mass is 9.99. The molecular formula is C35H34O6. The van der Waals surface area contributed by atoms with Gasteiger partial charge in [-0.25, -0.2) is 9.59 Å². The lowest BCUT2D eigenvalue weighted by Gasteiger charge is -2.09. The molecule has 210 valence electrons. The van der Waals surface area contributed by atoms with Crippen molar-refractivity contribution in [3.63, 3.8) is 0 Å². The summed E-state index contributed by atoms with van der Waals surface area (Å²) < 4.78 is 16.5.